The first-order valence-corrected chi connectivity index (χ1v) is 12.4. The zero-order valence-corrected chi connectivity index (χ0v) is 20.1. The second-order valence-electron chi connectivity index (χ2n) is 7.81. The fourth-order valence-corrected chi connectivity index (χ4v) is 5.41. The van der Waals surface area contributed by atoms with Gasteiger partial charge in [-0.05, 0) is 50.6 Å². The van der Waals surface area contributed by atoms with Crippen molar-refractivity contribution in [3.8, 4) is 22.6 Å². The molecule has 0 radical (unpaired) electrons. The molecule has 0 aliphatic heterocycles. The zero-order chi connectivity index (χ0) is 25.7. The molecule has 0 aliphatic rings. The number of rotatable bonds is 5. The van der Waals surface area contributed by atoms with E-state index in [0.717, 1.165) is 17.1 Å². The van der Waals surface area contributed by atoms with Crippen LogP contribution in [0.15, 0.2) is 41.6 Å². The number of alkyl halides is 3. The van der Waals surface area contributed by atoms with Gasteiger partial charge in [0.25, 0.3) is 0 Å². The molecule has 0 saturated heterocycles. The van der Waals surface area contributed by atoms with Gasteiger partial charge in [-0.3, -0.25) is 9.55 Å². The number of nitrogens with one attached hydrogen (secondary N) is 1. The molecule has 1 N–H and O–H groups in total. The second-order valence-corrected chi connectivity index (χ2v) is 10.7. The Hall–Kier alpha value is -3.34. The minimum absolute atomic E-state index is 0.0960. The van der Waals surface area contributed by atoms with Crippen molar-refractivity contribution in [1.82, 2.24) is 19.3 Å². The molecule has 3 heterocycles. The molecule has 1 unspecified atom stereocenters. The van der Waals surface area contributed by atoms with Crippen LogP contribution in [0, 0.1) is 31.0 Å². The first kappa shape index (κ1) is 24.8. The predicted octanol–water partition coefficient (Wildman–Crippen LogP) is 5.01. The maximum absolute atomic E-state index is 14.4. The number of pyridine rings is 1. The van der Waals surface area contributed by atoms with Crippen molar-refractivity contribution in [2.45, 2.75) is 37.9 Å². The average Bonchev–Trinajstić information content (AvgIpc) is 3.33. The monoisotopic (exact) mass is 523 g/mol. The van der Waals surface area contributed by atoms with E-state index in [1.165, 1.54) is 23.5 Å². The highest BCUT2D eigenvalue weighted by Crippen LogP contribution is 2.37. The summed E-state index contributed by atoms with van der Waals surface area (Å²) in [6, 6.07) is 4.95. The molecule has 0 spiro atoms. The smallest absolute Gasteiger partial charge is 0.282 e. The van der Waals surface area contributed by atoms with Gasteiger partial charge in [-0.2, -0.15) is 23.2 Å². The number of nitrogens with zero attached hydrogens (tertiary/aromatic N) is 4. The van der Waals surface area contributed by atoms with Crippen LogP contribution in [0.2, 0.25) is 0 Å². The van der Waals surface area contributed by atoms with E-state index in [-0.39, 0.29) is 17.0 Å². The van der Waals surface area contributed by atoms with Crippen molar-refractivity contribution in [2.24, 2.45) is 0 Å². The van der Waals surface area contributed by atoms with Crippen molar-refractivity contribution in [3.05, 3.63) is 58.5 Å². The van der Waals surface area contributed by atoms with Crippen LogP contribution in [-0.2, 0) is 10.0 Å². The van der Waals surface area contributed by atoms with E-state index in [2.05, 4.69) is 16.0 Å². The third-order valence-electron chi connectivity index (χ3n) is 5.27. The first-order valence-electron chi connectivity index (χ1n) is 10.1. The normalized spacial score (nSPS) is 13.2. The largest absolute Gasteiger partial charge is 0.404 e. The number of hydrogen-bond donors (Lipinski definition) is 1. The van der Waals surface area contributed by atoms with Gasteiger partial charge in [0.1, 0.15) is 22.8 Å². The maximum Gasteiger partial charge on any atom is 0.404 e. The molecule has 0 saturated carbocycles. The average molecular weight is 524 g/mol. The highest BCUT2D eigenvalue weighted by molar-refractivity contribution is 7.89. The first-order chi connectivity index (χ1) is 16.3. The molecule has 4 rings (SSSR count). The van der Waals surface area contributed by atoms with Gasteiger partial charge in [0.05, 0.1) is 22.5 Å². The molecular formula is C22H17F4N5O2S2. The number of sulfonamides is 1. The third-order valence-corrected chi connectivity index (χ3v) is 7.70. The Morgan fingerprint density at radius 1 is 1.17 bits per heavy atom. The molecule has 7 nitrogen and oxygen atoms in total. The van der Waals surface area contributed by atoms with Crippen molar-refractivity contribution in [1.29, 1.82) is 5.26 Å². The number of fused-ring (bicyclic) bond motifs is 1. The third kappa shape index (κ3) is 4.52. The summed E-state index contributed by atoms with van der Waals surface area (Å²) in [5, 5.41) is 10.7. The van der Waals surface area contributed by atoms with Gasteiger partial charge in [0, 0.05) is 22.7 Å². The maximum atomic E-state index is 14.4. The summed E-state index contributed by atoms with van der Waals surface area (Å²) in [4.78, 5) is 8.91. The molecule has 0 aliphatic carbocycles. The van der Waals surface area contributed by atoms with E-state index in [4.69, 9.17) is 0 Å². The van der Waals surface area contributed by atoms with E-state index in [1.54, 1.807) is 28.5 Å². The highest BCUT2D eigenvalue weighted by Gasteiger charge is 2.39. The molecule has 3 aromatic heterocycles. The molecule has 13 heteroatoms. The lowest BCUT2D eigenvalue weighted by Crippen LogP contribution is -2.42. The minimum Gasteiger partial charge on any atom is -0.282 e. The summed E-state index contributed by atoms with van der Waals surface area (Å²) in [6.07, 6.45) is -2.22. The van der Waals surface area contributed by atoms with Gasteiger partial charge in [-0.15, -0.1) is 11.3 Å². The summed E-state index contributed by atoms with van der Waals surface area (Å²) in [6.45, 7) is 4.11. The molecule has 1 aromatic carbocycles. The molecular weight excluding hydrogens is 506 g/mol. The molecule has 0 bridgehead atoms. The summed E-state index contributed by atoms with van der Waals surface area (Å²) in [5.41, 5.74) is 1.36. The van der Waals surface area contributed by atoms with Crippen LogP contribution in [0.4, 0.5) is 17.6 Å². The Balaban J connectivity index is 1.90. The molecule has 1 atom stereocenters. The fourth-order valence-electron chi connectivity index (χ4n) is 3.46. The highest BCUT2D eigenvalue weighted by atomic mass is 32.2. The van der Waals surface area contributed by atoms with Crippen molar-refractivity contribution in [2.75, 3.05) is 0 Å². The Morgan fingerprint density at radius 3 is 2.43 bits per heavy atom. The van der Waals surface area contributed by atoms with Crippen LogP contribution in [0.1, 0.15) is 22.9 Å². The lowest BCUT2D eigenvalue weighted by atomic mass is 10.1. The van der Waals surface area contributed by atoms with Gasteiger partial charge in [0.2, 0.25) is 10.0 Å². The van der Waals surface area contributed by atoms with Crippen LogP contribution in [0.5, 0.6) is 0 Å². The van der Waals surface area contributed by atoms with Crippen molar-refractivity contribution in [3.63, 3.8) is 0 Å². The predicted molar refractivity (Wildman–Crippen MR) is 122 cm³/mol. The van der Waals surface area contributed by atoms with Crippen LogP contribution in [0.25, 0.3) is 27.4 Å². The Kier molecular flexibility index (Phi) is 6.16. The summed E-state index contributed by atoms with van der Waals surface area (Å²) < 4.78 is 80.9. The summed E-state index contributed by atoms with van der Waals surface area (Å²) in [5.74, 6) is -0.507. The summed E-state index contributed by atoms with van der Waals surface area (Å²) in [7, 11) is -4.52. The second kappa shape index (κ2) is 8.71. The van der Waals surface area contributed by atoms with E-state index in [1.807, 2.05) is 6.92 Å². The molecule has 0 amide bonds. The standard InChI is InChI=1S/C22H17F4N5O2S2/c1-11-6-19-15(7-17(11)23)16(8-27)20(31(19)21-29-9-12(2)34-21)18-5-4-14(10-28-18)35(32,33)30-13(3)22(24,25)26/h4-7,9-10,13,30H,1-3H3. The van der Waals surface area contributed by atoms with Gasteiger partial charge < -0.3 is 0 Å². The fraction of sp³-hybridized carbons (Fsp3) is 0.227. The van der Waals surface area contributed by atoms with Crippen LogP contribution >= 0.6 is 11.3 Å². The number of aromatic nitrogens is 3. The van der Waals surface area contributed by atoms with Crippen LogP contribution < -0.4 is 4.72 Å². The van der Waals surface area contributed by atoms with Gasteiger partial charge in [0.15, 0.2) is 5.13 Å². The van der Waals surface area contributed by atoms with Gasteiger partial charge in [-0.1, -0.05) is 0 Å². The van der Waals surface area contributed by atoms with Gasteiger partial charge >= 0.3 is 6.18 Å². The molecule has 0 fully saturated rings. The SMILES string of the molecule is Cc1cnc(-n2c(-c3ccc(S(=O)(=O)NC(C)C(F)(F)F)cn3)c(C#N)c3cc(F)c(C)cc32)s1. The van der Waals surface area contributed by atoms with Crippen LogP contribution in [0.3, 0.4) is 0 Å². The zero-order valence-electron chi connectivity index (χ0n) is 18.5. The van der Waals surface area contributed by atoms with E-state index >= 15 is 0 Å². The Labute approximate surface area is 201 Å². The lowest BCUT2D eigenvalue weighted by molar-refractivity contribution is -0.147. The molecule has 35 heavy (non-hydrogen) atoms. The number of thiazole rings is 1. The van der Waals surface area contributed by atoms with E-state index in [9.17, 15) is 31.2 Å². The number of benzene rings is 1. The van der Waals surface area contributed by atoms with Crippen molar-refractivity contribution >= 4 is 32.3 Å². The van der Waals surface area contributed by atoms with Gasteiger partial charge in [-0.25, -0.2) is 17.8 Å². The Morgan fingerprint density at radius 2 is 1.89 bits per heavy atom. The number of aryl methyl sites for hydroxylation is 2. The van der Waals surface area contributed by atoms with Crippen molar-refractivity contribution < 1.29 is 26.0 Å². The lowest BCUT2D eigenvalue weighted by Gasteiger charge is -2.17. The Bertz CT molecular complexity index is 1580. The molecule has 4 aromatic rings. The molecule has 182 valence electrons. The number of halogens is 4. The minimum atomic E-state index is -4.76. The summed E-state index contributed by atoms with van der Waals surface area (Å²) >= 11 is 1.32. The topological polar surface area (TPSA) is 101 Å². The van der Waals surface area contributed by atoms with E-state index < -0.39 is 33.0 Å². The number of hydrogen-bond acceptors (Lipinski definition) is 6. The van der Waals surface area contributed by atoms with Crippen LogP contribution in [-0.4, -0.2) is 35.2 Å². The number of nitriles is 1. The van der Waals surface area contributed by atoms with E-state index in [0.29, 0.717) is 28.5 Å². The quantitative estimate of drug-likeness (QED) is 0.371.